The number of allylic oxidation sites excluding steroid dienone is 1. The van der Waals surface area contributed by atoms with Crippen LogP contribution in [-0.2, 0) is 16.6 Å². The molecule has 0 atom stereocenters. The number of nitrogens with zero attached hydrogens (tertiary/aromatic N) is 1. The van der Waals surface area contributed by atoms with Crippen LogP contribution in [0.5, 0.6) is 0 Å². The van der Waals surface area contributed by atoms with Gasteiger partial charge in [0.2, 0.25) is 10.0 Å². The van der Waals surface area contributed by atoms with Crippen molar-refractivity contribution < 1.29 is 8.42 Å². The predicted octanol–water partition coefficient (Wildman–Crippen LogP) is 2.56. The average Bonchev–Trinajstić information content (AvgIpc) is 2.71. The van der Waals surface area contributed by atoms with Gasteiger partial charge in [0, 0.05) is 25.0 Å². The quantitative estimate of drug-likeness (QED) is 0.605. The van der Waals surface area contributed by atoms with Crippen molar-refractivity contribution in [3.63, 3.8) is 0 Å². The van der Waals surface area contributed by atoms with Crippen molar-refractivity contribution in [3.05, 3.63) is 27.4 Å². The molecule has 1 heterocycles. The first-order valence-electron chi connectivity index (χ1n) is 5.49. The molecule has 1 rings (SSSR count). The maximum absolute atomic E-state index is 12.3. The fourth-order valence-electron chi connectivity index (χ4n) is 1.42. The van der Waals surface area contributed by atoms with Gasteiger partial charge in [-0.1, -0.05) is 6.08 Å². The molecule has 1 aromatic rings. The SMILES string of the molecule is C=CCCCN(C)S(=O)(=O)c1cc(CN)sc1Br. The molecule has 18 heavy (non-hydrogen) atoms. The van der Waals surface area contributed by atoms with E-state index in [0.29, 0.717) is 21.8 Å². The fraction of sp³-hybridized carbons (Fsp3) is 0.455. The Labute approximate surface area is 121 Å². The van der Waals surface area contributed by atoms with Crippen molar-refractivity contribution in [3.8, 4) is 0 Å². The Kier molecular flexibility index (Phi) is 6.00. The van der Waals surface area contributed by atoms with Crippen molar-refractivity contribution >= 4 is 37.3 Å². The van der Waals surface area contributed by atoms with Gasteiger partial charge in [-0.3, -0.25) is 0 Å². The van der Waals surface area contributed by atoms with Gasteiger partial charge in [0.15, 0.2) is 0 Å². The molecule has 0 aliphatic rings. The van der Waals surface area contributed by atoms with Crippen molar-refractivity contribution in [2.45, 2.75) is 24.3 Å². The molecule has 0 radical (unpaired) electrons. The van der Waals surface area contributed by atoms with E-state index < -0.39 is 10.0 Å². The van der Waals surface area contributed by atoms with Gasteiger partial charge in [0.1, 0.15) is 4.90 Å². The Morgan fingerprint density at radius 1 is 1.61 bits per heavy atom. The monoisotopic (exact) mass is 352 g/mol. The van der Waals surface area contributed by atoms with E-state index in [2.05, 4.69) is 22.5 Å². The molecule has 0 aliphatic carbocycles. The summed E-state index contributed by atoms with van der Waals surface area (Å²) in [6.07, 6.45) is 3.36. The highest BCUT2D eigenvalue weighted by Crippen LogP contribution is 2.33. The molecule has 0 spiro atoms. The number of hydrogen-bond acceptors (Lipinski definition) is 4. The van der Waals surface area contributed by atoms with Crippen LogP contribution in [0.3, 0.4) is 0 Å². The topological polar surface area (TPSA) is 63.4 Å². The zero-order valence-electron chi connectivity index (χ0n) is 10.2. The molecule has 0 unspecified atom stereocenters. The van der Waals surface area contributed by atoms with Gasteiger partial charge in [0.05, 0.1) is 3.79 Å². The first-order valence-corrected chi connectivity index (χ1v) is 8.54. The highest BCUT2D eigenvalue weighted by atomic mass is 79.9. The minimum atomic E-state index is -3.43. The van der Waals surface area contributed by atoms with Gasteiger partial charge < -0.3 is 5.73 Å². The number of hydrogen-bond donors (Lipinski definition) is 1. The Balaban J connectivity index is 2.90. The van der Waals surface area contributed by atoms with Crippen LogP contribution in [-0.4, -0.2) is 26.3 Å². The molecular formula is C11H17BrN2O2S2. The Hall–Kier alpha value is -0.210. The fourth-order valence-corrected chi connectivity index (χ4v) is 5.14. The molecule has 0 aliphatic heterocycles. The molecule has 0 saturated carbocycles. The molecule has 0 saturated heterocycles. The van der Waals surface area contributed by atoms with E-state index >= 15 is 0 Å². The highest BCUT2D eigenvalue weighted by molar-refractivity contribution is 9.11. The van der Waals surface area contributed by atoms with Crippen molar-refractivity contribution in [1.82, 2.24) is 4.31 Å². The van der Waals surface area contributed by atoms with Crippen LogP contribution in [0, 0.1) is 0 Å². The molecule has 4 nitrogen and oxygen atoms in total. The second-order valence-corrected chi connectivity index (χ2v) is 8.28. The van der Waals surface area contributed by atoms with Crippen LogP contribution in [0.4, 0.5) is 0 Å². The molecule has 1 aromatic heterocycles. The minimum absolute atomic E-state index is 0.300. The lowest BCUT2D eigenvalue weighted by Crippen LogP contribution is -2.27. The number of thiophene rings is 1. The first-order chi connectivity index (χ1) is 8.43. The van der Waals surface area contributed by atoms with Crippen LogP contribution in [0.15, 0.2) is 27.4 Å². The molecular weight excluding hydrogens is 336 g/mol. The maximum Gasteiger partial charge on any atom is 0.244 e. The normalized spacial score (nSPS) is 12.0. The third-order valence-electron chi connectivity index (χ3n) is 2.48. The molecule has 0 amide bonds. The van der Waals surface area contributed by atoms with E-state index in [0.717, 1.165) is 17.7 Å². The van der Waals surface area contributed by atoms with Crippen LogP contribution < -0.4 is 5.73 Å². The zero-order chi connectivity index (χ0) is 13.8. The van der Waals surface area contributed by atoms with Crippen LogP contribution >= 0.6 is 27.3 Å². The number of nitrogens with two attached hydrogens (primary N) is 1. The Morgan fingerprint density at radius 2 is 2.28 bits per heavy atom. The van der Waals surface area contributed by atoms with Crippen molar-refractivity contribution in [2.24, 2.45) is 5.73 Å². The summed E-state index contributed by atoms with van der Waals surface area (Å²) in [6.45, 7) is 4.45. The van der Waals surface area contributed by atoms with Gasteiger partial charge in [0.25, 0.3) is 0 Å². The second kappa shape index (κ2) is 6.81. The van der Waals surface area contributed by atoms with E-state index in [-0.39, 0.29) is 0 Å². The van der Waals surface area contributed by atoms with E-state index in [4.69, 9.17) is 5.73 Å². The van der Waals surface area contributed by atoms with Crippen molar-refractivity contribution in [1.29, 1.82) is 0 Å². The molecule has 7 heteroatoms. The van der Waals surface area contributed by atoms with E-state index in [1.807, 2.05) is 0 Å². The molecule has 0 aromatic carbocycles. The molecule has 2 N–H and O–H groups in total. The lowest BCUT2D eigenvalue weighted by Gasteiger charge is -2.16. The molecule has 0 bridgehead atoms. The summed E-state index contributed by atoms with van der Waals surface area (Å²) in [7, 11) is -1.84. The Morgan fingerprint density at radius 3 is 2.78 bits per heavy atom. The standard InChI is InChI=1S/C11H17BrN2O2S2/c1-3-4-5-6-14(2)18(15,16)10-7-9(8-13)17-11(10)12/h3,7H,1,4-6,8,13H2,2H3. The third-order valence-corrected chi connectivity index (χ3v) is 6.61. The summed E-state index contributed by atoms with van der Waals surface area (Å²) in [5, 5.41) is 0. The van der Waals surface area contributed by atoms with Crippen LogP contribution in [0.25, 0.3) is 0 Å². The number of unbranched alkanes of at least 4 members (excludes halogenated alkanes) is 1. The lowest BCUT2D eigenvalue weighted by molar-refractivity contribution is 0.462. The van der Waals surface area contributed by atoms with Gasteiger partial charge in [-0.15, -0.1) is 17.9 Å². The summed E-state index contributed by atoms with van der Waals surface area (Å²) in [5.41, 5.74) is 5.52. The summed E-state index contributed by atoms with van der Waals surface area (Å²) in [6, 6.07) is 1.63. The largest absolute Gasteiger partial charge is 0.326 e. The third kappa shape index (κ3) is 3.64. The van der Waals surface area contributed by atoms with Gasteiger partial charge in [-0.2, -0.15) is 0 Å². The van der Waals surface area contributed by atoms with Gasteiger partial charge >= 0.3 is 0 Å². The highest BCUT2D eigenvalue weighted by Gasteiger charge is 2.25. The van der Waals surface area contributed by atoms with E-state index in [1.54, 1.807) is 19.2 Å². The molecule has 102 valence electrons. The zero-order valence-corrected chi connectivity index (χ0v) is 13.4. The van der Waals surface area contributed by atoms with Crippen molar-refractivity contribution in [2.75, 3.05) is 13.6 Å². The number of rotatable bonds is 7. The summed E-state index contributed by atoms with van der Waals surface area (Å²) in [5.74, 6) is 0. The smallest absolute Gasteiger partial charge is 0.244 e. The van der Waals surface area contributed by atoms with Crippen LogP contribution in [0.2, 0.25) is 0 Å². The average molecular weight is 353 g/mol. The number of halogens is 1. The molecule has 0 fully saturated rings. The van der Waals surface area contributed by atoms with Crippen LogP contribution in [0.1, 0.15) is 17.7 Å². The lowest BCUT2D eigenvalue weighted by atomic mass is 10.3. The summed E-state index contributed by atoms with van der Waals surface area (Å²) < 4.78 is 26.6. The predicted molar refractivity (Wildman–Crippen MR) is 79.2 cm³/mol. The van der Waals surface area contributed by atoms with Gasteiger partial charge in [-0.05, 0) is 34.8 Å². The summed E-state index contributed by atoms with van der Waals surface area (Å²) in [4.78, 5) is 1.15. The van der Waals surface area contributed by atoms with E-state index in [1.165, 1.54) is 15.6 Å². The van der Waals surface area contributed by atoms with Gasteiger partial charge in [-0.25, -0.2) is 12.7 Å². The second-order valence-electron chi connectivity index (χ2n) is 3.81. The number of sulfonamides is 1. The Bertz CT molecular complexity index is 511. The summed E-state index contributed by atoms with van der Waals surface area (Å²) >= 11 is 4.64. The first kappa shape index (κ1) is 15.8. The minimum Gasteiger partial charge on any atom is -0.326 e. The van der Waals surface area contributed by atoms with E-state index in [9.17, 15) is 8.42 Å². The maximum atomic E-state index is 12.3.